The van der Waals surface area contributed by atoms with E-state index in [-0.39, 0.29) is 6.61 Å². The van der Waals surface area contributed by atoms with Crippen molar-refractivity contribution in [1.29, 1.82) is 0 Å². The van der Waals surface area contributed by atoms with Crippen molar-refractivity contribution in [2.24, 2.45) is 5.41 Å². The Morgan fingerprint density at radius 3 is 2.37 bits per heavy atom. The smallest absolute Gasteiger partial charge is 0.153 e. The maximum Gasteiger partial charge on any atom is 0.153 e. The third-order valence-electron chi connectivity index (χ3n) is 6.89. The number of halogens is 1. The highest BCUT2D eigenvalue weighted by Crippen LogP contribution is 2.41. The first-order valence-electron chi connectivity index (χ1n) is 12.5. The predicted octanol–water partition coefficient (Wildman–Crippen LogP) is 4.35. The molecular formula is C25H36ClN5O3S. The molecule has 3 fully saturated rings. The average molecular weight is 522 g/mol. The van der Waals surface area contributed by atoms with Gasteiger partial charge in [-0.2, -0.15) is 0 Å². The lowest BCUT2D eigenvalue weighted by molar-refractivity contribution is 0.122. The van der Waals surface area contributed by atoms with E-state index in [1.807, 2.05) is 26.8 Å². The van der Waals surface area contributed by atoms with Crippen LogP contribution in [0.5, 0.6) is 0 Å². The Labute approximate surface area is 217 Å². The Morgan fingerprint density at radius 1 is 1.00 bits per heavy atom. The number of ether oxygens (including phenoxy) is 2. The summed E-state index contributed by atoms with van der Waals surface area (Å²) in [7, 11) is 0. The van der Waals surface area contributed by atoms with Gasteiger partial charge in [-0.25, -0.2) is 15.0 Å². The zero-order valence-electron chi connectivity index (χ0n) is 20.9. The number of anilines is 2. The SMILES string of the molecule is CC.Cc1nc(N2CCC3(CCOC3)CC2)c(CO)nc1Sc1ccnc(N2CCOCC2)c1Cl. The standard InChI is InChI=1S/C23H30ClN5O3S.C2H6/c1-16-22(33-18-2-6-25-21(19(18)24)29-9-12-31-13-10-29)27-17(14-30)20(26-16)28-7-3-23(4-8-28)5-11-32-15-23;1-2/h2,6,30H,3-5,7-15H2,1H3;1-2H3. The summed E-state index contributed by atoms with van der Waals surface area (Å²) in [6.45, 7) is 12.3. The summed E-state index contributed by atoms with van der Waals surface area (Å²) in [5, 5.41) is 11.5. The molecular weight excluding hydrogens is 486 g/mol. The minimum Gasteiger partial charge on any atom is -0.390 e. The van der Waals surface area contributed by atoms with Crippen molar-refractivity contribution < 1.29 is 14.6 Å². The number of nitrogens with zero attached hydrogens (tertiary/aromatic N) is 5. The topological polar surface area (TPSA) is 83.8 Å². The molecule has 0 aliphatic carbocycles. The van der Waals surface area contributed by atoms with Crippen LogP contribution >= 0.6 is 23.4 Å². The van der Waals surface area contributed by atoms with Crippen LogP contribution in [0, 0.1) is 12.3 Å². The van der Waals surface area contributed by atoms with Gasteiger partial charge in [0.1, 0.15) is 16.5 Å². The van der Waals surface area contributed by atoms with Gasteiger partial charge in [0.05, 0.1) is 37.1 Å². The number of aliphatic hydroxyl groups is 1. The van der Waals surface area contributed by atoms with Gasteiger partial charge in [-0.15, -0.1) is 0 Å². The highest BCUT2D eigenvalue weighted by Gasteiger charge is 2.38. The van der Waals surface area contributed by atoms with Gasteiger partial charge in [0.15, 0.2) is 5.82 Å². The fourth-order valence-corrected chi connectivity index (χ4v) is 6.03. The van der Waals surface area contributed by atoms with Crippen molar-refractivity contribution >= 4 is 35.0 Å². The van der Waals surface area contributed by atoms with E-state index in [9.17, 15) is 5.11 Å². The Kier molecular flexibility index (Phi) is 9.10. The molecule has 2 aromatic heterocycles. The molecule has 3 aliphatic rings. The molecule has 10 heteroatoms. The lowest BCUT2D eigenvalue weighted by atomic mass is 9.78. The van der Waals surface area contributed by atoms with Crippen molar-refractivity contribution in [3.63, 3.8) is 0 Å². The molecule has 0 bridgehead atoms. The third kappa shape index (κ3) is 5.85. The van der Waals surface area contributed by atoms with E-state index in [2.05, 4.69) is 14.8 Å². The highest BCUT2D eigenvalue weighted by atomic mass is 35.5. The van der Waals surface area contributed by atoms with Crippen molar-refractivity contribution in [3.05, 3.63) is 28.7 Å². The Hall–Kier alpha value is -1.65. The van der Waals surface area contributed by atoms with Crippen molar-refractivity contribution in [2.75, 3.05) is 62.4 Å². The molecule has 0 aromatic carbocycles. The van der Waals surface area contributed by atoms with E-state index in [1.165, 1.54) is 11.8 Å². The van der Waals surface area contributed by atoms with Crippen LogP contribution in [-0.4, -0.2) is 72.7 Å². The van der Waals surface area contributed by atoms with Crippen LogP contribution in [0.25, 0.3) is 0 Å². The van der Waals surface area contributed by atoms with E-state index >= 15 is 0 Å². The fraction of sp³-hybridized carbons (Fsp3) is 0.640. The number of aromatic nitrogens is 3. The van der Waals surface area contributed by atoms with Crippen LogP contribution in [0.4, 0.5) is 11.6 Å². The summed E-state index contributed by atoms with van der Waals surface area (Å²) in [5.41, 5.74) is 1.77. The van der Waals surface area contributed by atoms with Crippen LogP contribution in [0.3, 0.4) is 0 Å². The summed E-state index contributed by atoms with van der Waals surface area (Å²) in [6, 6.07) is 1.90. The molecule has 3 aliphatic heterocycles. The minimum absolute atomic E-state index is 0.149. The van der Waals surface area contributed by atoms with E-state index in [1.54, 1.807) is 6.20 Å². The molecule has 1 spiro atoms. The Morgan fingerprint density at radius 2 is 1.71 bits per heavy atom. The molecule has 1 N–H and O–H groups in total. The molecule has 5 rings (SSSR count). The van der Waals surface area contributed by atoms with E-state index in [0.717, 1.165) is 85.9 Å². The van der Waals surface area contributed by atoms with Gasteiger partial charge >= 0.3 is 0 Å². The van der Waals surface area contributed by atoms with Crippen LogP contribution in [0.15, 0.2) is 22.2 Å². The number of aliphatic hydroxyl groups excluding tert-OH is 1. The Bertz CT molecular complexity index is 989. The van der Waals surface area contributed by atoms with E-state index in [4.69, 9.17) is 31.0 Å². The molecule has 35 heavy (non-hydrogen) atoms. The summed E-state index contributed by atoms with van der Waals surface area (Å²) < 4.78 is 11.1. The molecule has 192 valence electrons. The third-order valence-corrected chi connectivity index (χ3v) is 8.51. The Balaban J connectivity index is 0.00000141. The molecule has 0 radical (unpaired) electrons. The van der Waals surface area contributed by atoms with Crippen molar-refractivity contribution in [2.45, 2.75) is 56.6 Å². The number of morpholine rings is 1. The first-order chi connectivity index (χ1) is 17.1. The van der Waals surface area contributed by atoms with Crippen molar-refractivity contribution in [1.82, 2.24) is 15.0 Å². The van der Waals surface area contributed by atoms with E-state index in [0.29, 0.717) is 29.3 Å². The number of pyridine rings is 1. The van der Waals surface area contributed by atoms with Crippen LogP contribution in [0.1, 0.15) is 44.5 Å². The van der Waals surface area contributed by atoms with Crippen molar-refractivity contribution in [3.8, 4) is 0 Å². The molecule has 3 saturated heterocycles. The van der Waals surface area contributed by atoms with Gasteiger partial charge in [-0.05, 0) is 37.7 Å². The number of aryl methyl sites for hydroxylation is 1. The second kappa shape index (κ2) is 12.1. The van der Waals surface area contributed by atoms with Gasteiger partial charge in [0.2, 0.25) is 0 Å². The monoisotopic (exact) mass is 521 g/mol. The average Bonchev–Trinajstić information content (AvgIpc) is 3.36. The lowest BCUT2D eigenvalue weighted by Gasteiger charge is -2.39. The molecule has 8 nitrogen and oxygen atoms in total. The highest BCUT2D eigenvalue weighted by molar-refractivity contribution is 7.99. The first kappa shape index (κ1) is 26.4. The molecule has 0 atom stereocenters. The quantitative estimate of drug-likeness (QED) is 0.617. The largest absolute Gasteiger partial charge is 0.390 e. The maximum atomic E-state index is 10.1. The summed E-state index contributed by atoms with van der Waals surface area (Å²) in [4.78, 5) is 19.5. The molecule has 0 amide bonds. The number of hydrogen-bond donors (Lipinski definition) is 1. The molecule has 2 aromatic rings. The zero-order valence-corrected chi connectivity index (χ0v) is 22.5. The summed E-state index contributed by atoms with van der Waals surface area (Å²) in [6.07, 6.45) is 5.10. The predicted molar refractivity (Wildman–Crippen MR) is 140 cm³/mol. The molecule has 0 unspecified atom stereocenters. The lowest BCUT2D eigenvalue weighted by Crippen LogP contribution is -2.41. The molecule has 0 saturated carbocycles. The summed E-state index contributed by atoms with van der Waals surface area (Å²) >= 11 is 8.22. The maximum absolute atomic E-state index is 10.1. The zero-order chi connectivity index (χ0) is 24.8. The van der Waals surface area contributed by atoms with Gasteiger partial charge in [0, 0.05) is 43.9 Å². The fourth-order valence-electron chi connectivity index (χ4n) is 4.81. The van der Waals surface area contributed by atoms with Gasteiger partial charge in [-0.3, -0.25) is 0 Å². The van der Waals surface area contributed by atoms with Crippen LogP contribution in [0.2, 0.25) is 5.02 Å². The van der Waals surface area contributed by atoms with E-state index < -0.39 is 0 Å². The summed E-state index contributed by atoms with van der Waals surface area (Å²) in [5.74, 6) is 1.57. The number of rotatable bonds is 5. The van der Waals surface area contributed by atoms with Crippen LogP contribution in [-0.2, 0) is 16.1 Å². The van der Waals surface area contributed by atoms with Gasteiger partial charge < -0.3 is 24.4 Å². The van der Waals surface area contributed by atoms with Gasteiger partial charge in [-0.1, -0.05) is 37.2 Å². The van der Waals surface area contributed by atoms with Crippen LogP contribution < -0.4 is 9.80 Å². The van der Waals surface area contributed by atoms with Gasteiger partial charge in [0.25, 0.3) is 0 Å². The number of hydrogen-bond acceptors (Lipinski definition) is 9. The first-order valence-corrected chi connectivity index (χ1v) is 13.7. The second-order valence-corrected chi connectivity index (χ2v) is 10.4. The minimum atomic E-state index is -0.149. The number of piperidine rings is 1. The molecule has 5 heterocycles. The normalized spacial score (nSPS) is 19.6. The second-order valence-electron chi connectivity index (χ2n) is 8.98.